The number of carbonyl (C=O) groups excluding carboxylic acids is 2. The third-order valence-corrected chi connectivity index (χ3v) is 6.68. The van der Waals surface area contributed by atoms with Crippen LogP contribution in [-0.4, -0.2) is 26.0 Å². The van der Waals surface area contributed by atoms with Gasteiger partial charge in [0.05, 0.1) is 26.2 Å². The van der Waals surface area contributed by atoms with Crippen LogP contribution in [0.3, 0.4) is 0 Å². The fraction of sp³-hybridized carbons (Fsp3) is 0.259. The van der Waals surface area contributed by atoms with Crippen molar-refractivity contribution in [2.24, 2.45) is 5.92 Å². The molecule has 6 nitrogen and oxygen atoms in total. The minimum absolute atomic E-state index is 0.0187. The molecule has 34 heavy (non-hydrogen) atoms. The summed E-state index contributed by atoms with van der Waals surface area (Å²) in [5.74, 6) is 0.853. The SMILES string of the molecule is COc1ccc([C@H]2[C@H](C(=O)Nc3ccc(Br)cc3C)CCC(=O)N2c2ccc(OC)cc2)cc1. The third-order valence-electron chi connectivity index (χ3n) is 6.19. The number of benzene rings is 3. The summed E-state index contributed by atoms with van der Waals surface area (Å²) < 4.78 is 11.5. The fourth-order valence-corrected chi connectivity index (χ4v) is 4.87. The Bertz CT molecular complexity index is 1180. The number of methoxy groups -OCH3 is 2. The highest BCUT2D eigenvalue weighted by Gasteiger charge is 2.41. The van der Waals surface area contributed by atoms with Crippen molar-refractivity contribution in [2.75, 3.05) is 24.4 Å². The van der Waals surface area contributed by atoms with Crippen LogP contribution in [0.1, 0.15) is 30.0 Å². The maximum Gasteiger partial charge on any atom is 0.229 e. The lowest BCUT2D eigenvalue weighted by Crippen LogP contribution is -2.47. The van der Waals surface area contributed by atoms with Crippen LogP contribution in [-0.2, 0) is 9.59 Å². The highest BCUT2D eigenvalue weighted by molar-refractivity contribution is 9.10. The Morgan fingerprint density at radius 3 is 2.18 bits per heavy atom. The predicted octanol–water partition coefficient (Wildman–Crippen LogP) is 5.90. The average Bonchev–Trinajstić information content (AvgIpc) is 2.85. The highest BCUT2D eigenvalue weighted by atomic mass is 79.9. The molecule has 1 heterocycles. The van der Waals surface area contributed by atoms with Crippen molar-refractivity contribution in [3.05, 3.63) is 82.3 Å². The van der Waals surface area contributed by atoms with Gasteiger partial charge in [0.25, 0.3) is 0 Å². The van der Waals surface area contributed by atoms with E-state index in [2.05, 4.69) is 21.2 Å². The number of piperidine rings is 1. The van der Waals surface area contributed by atoms with Gasteiger partial charge in [-0.1, -0.05) is 28.1 Å². The van der Waals surface area contributed by atoms with Gasteiger partial charge in [-0.2, -0.15) is 0 Å². The largest absolute Gasteiger partial charge is 0.497 e. The summed E-state index contributed by atoms with van der Waals surface area (Å²) in [5.41, 5.74) is 3.32. The number of nitrogens with zero attached hydrogens (tertiary/aromatic N) is 1. The van der Waals surface area contributed by atoms with Gasteiger partial charge in [-0.05, 0) is 79.1 Å². The van der Waals surface area contributed by atoms with Crippen molar-refractivity contribution in [3.8, 4) is 11.5 Å². The smallest absolute Gasteiger partial charge is 0.229 e. The molecule has 0 spiro atoms. The molecule has 2 amide bonds. The number of halogens is 1. The quantitative estimate of drug-likeness (QED) is 0.437. The first-order chi connectivity index (χ1) is 16.4. The predicted molar refractivity (Wildman–Crippen MR) is 136 cm³/mol. The van der Waals surface area contributed by atoms with E-state index in [-0.39, 0.29) is 18.2 Å². The average molecular weight is 523 g/mol. The van der Waals surface area contributed by atoms with Crippen LogP contribution >= 0.6 is 15.9 Å². The number of hydrogen-bond acceptors (Lipinski definition) is 4. The first kappa shape index (κ1) is 23.8. The number of amides is 2. The number of nitrogens with one attached hydrogen (secondary N) is 1. The van der Waals surface area contributed by atoms with E-state index in [9.17, 15) is 9.59 Å². The van der Waals surface area contributed by atoms with Gasteiger partial charge in [-0.15, -0.1) is 0 Å². The fourth-order valence-electron chi connectivity index (χ4n) is 4.39. The summed E-state index contributed by atoms with van der Waals surface area (Å²) in [4.78, 5) is 28.5. The lowest BCUT2D eigenvalue weighted by Gasteiger charge is -2.41. The van der Waals surface area contributed by atoms with Crippen LogP contribution in [0.15, 0.2) is 71.2 Å². The standard InChI is InChI=1S/C27H27BrN2O4/c1-17-16-19(28)6-14-24(17)29-27(32)23-13-15-25(31)30(20-7-11-22(34-3)12-8-20)26(23)18-4-9-21(33-2)10-5-18/h4-12,14,16,23,26H,13,15H2,1-3H3,(H,29,32)/t23-,26+/m1/s1. The number of carbonyl (C=O) groups is 2. The van der Waals surface area contributed by atoms with Crippen LogP contribution in [0.25, 0.3) is 0 Å². The number of hydrogen-bond donors (Lipinski definition) is 1. The maximum atomic E-state index is 13.6. The molecule has 1 fully saturated rings. The van der Waals surface area contributed by atoms with Crippen molar-refractivity contribution in [2.45, 2.75) is 25.8 Å². The molecule has 4 rings (SSSR count). The Morgan fingerprint density at radius 1 is 0.971 bits per heavy atom. The van der Waals surface area contributed by atoms with Gasteiger partial charge >= 0.3 is 0 Å². The van der Waals surface area contributed by atoms with Crippen LogP contribution < -0.4 is 19.7 Å². The molecule has 0 aromatic heterocycles. The second kappa shape index (κ2) is 10.3. The van der Waals surface area contributed by atoms with Gasteiger partial charge in [0.2, 0.25) is 11.8 Å². The Morgan fingerprint density at radius 2 is 1.59 bits per heavy atom. The van der Waals surface area contributed by atoms with E-state index in [4.69, 9.17) is 9.47 Å². The van der Waals surface area contributed by atoms with Crippen LogP contribution in [0.2, 0.25) is 0 Å². The molecule has 0 aliphatic carbocycles. The first-order valence-corrected chi connectivity index (χ1v) is 11.9. The van der Waals surface area contributed by atoms with Crippen molar-refractivity contribution in [3.63, 3.8) is 0 Å². The molecule has 0 saturated carbocycles. The molecule has 0 unspecified atom stereocenters. The summed E-state index contributed by atoms with van der Waals surface area (Å²) in [6.07, 6.45) is 0.750. The molecule has 2 atom stereocenters. The van der Waals surface area contributed by atoms with Gasteiger partial charge < -0.3 is 19.7 Å². The van der Waals surface area contributed by atoms with Crippen molar-refractivity contribution in [1.82, 2.24) is 0 Å². The molecule has 1 N–H and O–H groups in total. The molecule has 176 valence electrons. The van der Waals surface area contributed by atoms with Gasteiger partial charge in [-0.25, -0.2) is 0 Å². The Balaban J connectivity index is 1.73. The summed E-state index contributed by atoms with van der Waals surface area (Å²) in [5, 5.41) is 3.09. The topological polar surface area (TPSA) is 67.9 Å². The summed E-state index contributed by atoms with van der Waals surface area (Å²) in [6, 6.07) is 20.2. The molecule has 1 aliphatic heterocycles. The second-order valence-corrected chi connectivity index (χ2v) is 9.19. The van der Waals surface area contributed by atoms with Crippen LogP contribution in [0, 0.1) is 12.8 Å². The number of aryl methyl sites for hydroxylation is 1. The van der Waals surface area contributed by atoms with E-state index < -0.39 is 12.0 Å². The molecule has 1 aliphatic rings. The second-order valence-electron chi connectivity index (χ2n) is 8.27. The molecule has 1 saturated heterocycles. The van der Waals surface area contributed by atoms with E-state index in [1.165, 1.54) is 0 Å². The minimum atomic E-state index is -0.462. The van der Waals surface area contributed by atoms with Gasteiger partial charge in [0, 0.05) is 22.3 Å². The lowest BCUT2D eigenvalue weighted by molar-refractivity contribution is -0.125. The third kappa shape index (κ3) is 4.94. The van der Waals surface area contributed by atoms with E-state index in [1.54, 1.807) is 19.1 Å². The van der Waals surface area contributed by atoms with Gasteiger partial charge in [-0.3, -0.25) is 9.59 Å². The van der Waals surface area contributed by atoms with Gasteiger partial charge in [0.15, 0.2) is 0 Å². The Labute approximate surface area is 208 Å². The summed E-state index contributed by atoms with van der Waals surface area (Å²) in [6.45, 7) is 1.95. The lowest BCUT2D eigenvalue weighted by atomic mass is 9.83. The zero-order chi connectivity index (χ0) is 24.2. The zero-order valence-electron chi connectivity index (χ0n) is 19.4. The molecule has 0 bridgehead atoms. The molecule has 0 radical (unpaired) electrons. The number of rotatable bonds is 6. The van der Waals surface area contributed by atoms with Crippen LogP contribution in [0.4, 0.5) is 11.4 Å². The molecule has 7 heteroatoms. The van der Waals surface area contributed by atoms with E-state index in [0.29, 0.717) is 17.9 Å². The highest BCUT2D eigenvalue weighted by Crippen LogP contribution is 2.41. The molecule has 3 aromatic rings. The van der Waals surface area contributed by atoms with Crippen molar-refractivity contribution < 1.29 is 19.1 Å². The number of ether oxygens (including phenoxy) is 2. The van der Waals surface area contributed by atoms with Crippen molar-refractivity contribution in [1.29, 1.82) is 0 Å². The normalized spacial score (nSPS) is 17.9. The summed E-state index contributed by atoms with van der Waals surface area (Å²) >= 11 is 3.47. The molecule has 3 aromatic carbocycles. The number of anilines is 2. The molecular formula is C27H27BrN2O4. The van der Waals surface area contributed by atoms with Crippen LogP contribution in [0.5, 0.6) is 11.5 Å². The Hall–Kier alpha value is -3.32. The first-order valence-electron chi connectivity index (χ1n) is 11.1. The Kier molecular flexibility index (Phi) is 7.22. The van der Waals surface area contributed by atoms with Gasteiger partial charge in [0.1, 0.15) is 11.5 Å². The maximum absolute atomic E-state index is 13.6. The minimum Gasteiger partial charge on any atom is -0.497 e. The van der Waals surface area contributed by atoms with Crippen molar-refractivity contribution >= 4 is 39.1 Å². The summed E-state index contributed by atoms with van der Waals surface area (Å²) in [7, 11) is 3.21. The van der Waals surface area contributed by atoms with E-state index in [0.717, 1.165) is 27.0 Å². The molecular weight excluding hydrogens is 496 g/mol. The monoisotopic (exact) mass is 522 g/mol. The zero-order valence-corrected chi connectivity index (χ0v) is 21.0. The van der Waals surface area contributed by atoms with E-state index >= 15 is 0 Å². The van der Waals surface area contributed by atoms with E-state index in [1.807, 2.05) is 73.7 Å².